The molecule has 0 aromatic heterocycles. The minimum atomic E-state index is -0.981. The van der Waals surface area contributed by atoms with Gasteiger partial charge in [-0.2, -0.15) is 0 Å². The lowest BCUT2D eigenvalue weighted by atomic mass is 10.7. The molecule has 0 aliphatic carbocycles. The molecule has 0 saturated heterocycles. The van der Waals surface area contributed by atoms with Gasteiger partial charge >= 0.3 is 12.1 Å². The van der Waals surface area contributed by atoms with E-state index >= 15 is 0 Å². The second-order valence-corrected chi connectivity index (χ2v) is 1.99. The highest BCUT2D eigenvalue weighted by molar-refractivity contribution is 5.78. The van der Waals surface area contributed by atoms with Gasteiger partial charge in [0.1, 0.15) is 13.2 Å². The Morgan fingerprint density at radius 3 is 1.60 bits per heavy atom. The quantitative estimate of drug-likeness (QED) is 0.429. The summed E-state index contributed by atoms with van der Waals surface area (Å²) in [7, 11) is 0. The van der Waals surface area contributed by atoms with E-state index in [-0.39, 0.29) is 13.2 Å². The summed E-state index contributed by atoms with van der Waals surface area (Å²) in [5.41, 5.74) is 0. The third-order valence-corrected chi connectivity index (χ3v) is 0.813. The summed E-state index contributed by atoms with van der Waals surface area (Å²) in [6.45, 7) is 10.0. The van der Waals surface area contributed by atoms with Crippen molar-refractivity contribution in [3.05, 3.63) is 38.0 Å². The molecule has 0 radical (unpaired) electrons. The van der Waals surface area contributed by atoms with Crippen molar-refractivity contribution >= 4 is 12.1 Å². The summed E-state index contributed by atoms with van der Waals surface area (Å²) in [6.07, 6.45) is 3.07. The summed E-state index contributed by atoms with van der Waals surface area (Å²) in [5.74, 6) is -0.981. The monoisotopic (exact) mass is 214 g/mol. The zero-order chi connectivity index (χ0) is 12.1. The van der Waals surface area contributed by atoms with Gasteiger partial charge in [0.15, 0.2) is 0 Å². The molecule has 0 atom stereocenters. The summed E-state index contributed by atoms with van der Waals surface area (Å²) < 4.78 is 8.93. The molecule has 0 amide bonds. The number of rotatable bonds is 5. The Labute approximate surface area is 88.3 Å². The first-order chi connectivity index (χ1) is 7.08. The number of hydrogen-bond donors (Lipinski definition) is 1. The van der Waals surface area contributed by atoms with Gasteiger partial charge in [0.2, 0.25) is 0 Å². The highest BCUT2D eigenvalue weighted by Gasteiger charge is 1.97. The minimum Gasteiger partial charge on any atom is -0.478 e. The van der Waals surface area contributed by atoms with Crippen LogP contribution in [0, 0.1) is 0 Å². The number of ether oxygens (including phenoxy) is 2. The zero-order valence-corrected chi connectivity index (χ0v) is 8.35. The Balaban J connectivity index is 0. The number of hydrogen-bond acceptors (Lipinski definition) is 4. The molecule has 0 heterocycles. The first-order valence-electron chi connectivity index (χ1n) is 3.95. The van der Waals surface area contributed by atoms with Crippen LogP contribution in [0.1, 0.15) is 0 Å². The van der Waals surface area contributed by atoms with E-state index in [0.717, 1.165) is 6.08 Å². The molecule has 0 aromatic carbocycles. The van der Waals surface area contributed by atoms with Gasteiger partial charge in [-0.05, 0) is 0 Å². The third kappa shape index (κ3) is 18.7. The lowest BCUT2D eigenvalue weighted by Gasteiger charge is -1.99. The number of carboxylic acid groups (broad SMARTS) is 1. The molecule has 84 valence electrons. The molecule has 0 saturated carbocycles. The van der Waals surface area contributed by atoms with Crippen LogP contribution in [-0.2, 0) is 14.3 Å². The molecule has 0 aliphatic rings. The topological polar surface area (TPSA) is 72.8 Å². The van der Waals surface area contributed by atoms with E-state index in [4.69, 9.17) is 5.11 Å². The zero-order valence-electron chi connectivity index (χ0n) is 8.35. The van der Waals surface area contributed by atoms with Crippen molar-refractivity contribution in [1.82, 2.24) is 0 Å². The summed E-state index contributed by atoms with van der Waals surface area (Å²) >= 11 is 0. The van der Waals surface area contributed by atoms with Crippen LogP contribution in [0.5, 0.6) is 0 Å². The van der Waals surface area contributed by atoms with Crippen molar-refractivity contribution in [1.29, 1.82) is 0 Å². The molecule has 0 unspecified atom stereocenters. The highest BCUT2D eigenvalue weighted by Crippen LogP contribution is 1.84. The molecule has 0 spiro atoms. The number of carbonyl (C=O) groups is 2. The SMILES string of the molecule is C=CC(=O)O.C=CCOC(=O)OCC=C. The summed E-state index contributed by atoms with van der Waals surface area (Å²) in [5, 5.41) is 7.60. The molecule has 0 rings (SSSR count). The second kappa shape index (κ2) is 12.0. The largest absolute Gasteiger partial charge is 0.508 e. The molecule has 15 heavy (non-hydrogen) atoms. The highest BCUT2D eigenvalue weighted by atomic mass is 16.7. The van der Waals surface area contributed by atoms with Gasteiger partial charge in [0.25, 0.3) is 0 Å². The van der Waals surface area contributed by atoms with Crippen LogP contribution in [0.4, 0.5) is 4.79 Å². The summed E-state index contributed by atoms with van der Waals surface area (Å²) in [6, 6.07) is 0. The molecule has 0 aromatic rings. The number of carboxylic acids is 1. The van der Waals surface area contributed by atoms with Crippen LogP contribution in [0.25, 0.3) is 0 Å². The first-order valence-corrected chi connectivity index (χ1v) is 3.95. The van der Waals surface area contributed by atoms with Gasteiger partial charge in [-0.25, -0.2) is 9.59 Å². The van der Waals surface area contributed by atoms with E-state index in [1.54, 1.807) is 0 Å². The summed E-state index contributed by atoms with van der Waals surface area (Å²) in [4.78, 5) is 19.7. The third-order valence-electron chi connectivity index (χ3n) is 0.813. The molecule has 5 heteroatoms. The van der Waals surface area contributed by atoms with E-state index < -0.39 is 12.1 Å². The second-order valence-electron chi connectivity index (χ2n) is 1.99. The van der Waals surface area contributed by atoms with Crippen LogP contribution in [0.2, 0.25) is 0 Å². The molecule has 1 N–H and O–H groups in total. The van der Waals surface area contributed by atoms with Crippen molar-refractivity contribution in [3.8, 4) is 0 Å². The van der Waals surface area contributed by atoms with Crippen LogP contribution in [0.15, 0.2) is 38.0 Å². The van der Waals surface area contributed by atoms with Gasteiger partial charge in [-0.1, -0.05) is 31.9 Å². The van der Waals surface area contributed by atoms with Gasteiger partial charge < -0.3 is 14.6 Å². The minimum absolute atomic E-state index is 0.177. The fourth-order valence-corrected chi connectivity index (χ4v) is 0.296. The van der Waals surface area contributed by atoms with Crippen LogP contribution in [0.3, 0.4) is 0 Å². The van der Waals surface area contributed by atoms with Crippen molar-refractivity contribution in [2.45, 2.75) is 0 Å². The number of aliphatic carboxylic acids is 1. The van der Waals surface area contributed by atoms with E-state index in [9.17, 15) is 9.59 Å². The van der Waals surface area contributed by atoms with Crippen LogP contribution < -0.4 is 0 Å². The molecule has 0 fully saturated rings. The lowest BCUT2D eigenvalue weighted by Crippen LogP contribution is -2.06. The Kier molecular flexibility index (Phi) is 12.3. The van der Waals surface area contributed by atoms with Crippen molar-refractivity contribution < 1.29 is 24.2 Å². The van der Waals surface area contributed by atoms with Gasteiger partial charge in [-0.3, -0.25) is 0 Å². The van der Waals surface area contributed by atoms with E-state index in [1.165, 1.54) is 12.2 Å². The smallest absolute Gasteiger partial charge is 0.478 e. The average molecular weight is 214 g/mol. The molecular weight excluding hydrogens is 200 g/mol. The van der Waals surface area contributed by atoms with E-state index in [0.29, 0.717) is 0 Å². The predicted molar refractivity (Wildman–Crippen MR) is 55.5 cm³/mol. The molecule has 5 nitrogen and oxygen atoms in total. The molecular formula is C10H14O5. The molecule has 0 aliphatic heterocycles. The van der Waals surface area contributed by atoms with Gasteiger partial charge in [-0.15, -0.1) is 0 Å². The Bertz CT molecular complexity index is 218. The van der Waals surface area contributed by atoms with Crippen molar-refractivity contribution in [3.63, 3.8) is 0 Å². The van der Waals surface area contributed by atoms with Crippen LogP contribution >= 0.6 is 0 Å². The van der Waals surface area contributed by atoms with Crippen molar-refractivity contribution in [2.75, 3.05) is 13.2 Å². The van der Waals surface area contributed by atoms with Gasteiger partial charge in [0.05, 0.1) is 0 Å². The Hall–Kier alpha value is -2.04. The maximum atomic E-state index is 10.4. The van der Waals surface area contributed by atoms with E-state index in [1.807, 2.05) is 0 Å². The standard InChI is InChI=1S/C7H10O3.C3H4O2/c1-3-5-9-7(8)10-6-4-2;1-2-3(4)5/h3-4H,1-2,5-6H2;2H,1H2,(H,4,5). The number of carbonyl (C=O) groups excluding carboxylic acids is 1. The van der Waals surface area contributed by atoms with Crippen LogP contribution in [-0.4, -0.2) is 30.4 Å². The normalized spacial score (nSPS) is 7.47. The van der Waals surface area contributed by atoms with E-state index in [2.05, 4.69) is 29.2 Å². The maximum Gasteiger partial charge on any atom is 0.508 e. The molecule has 0 bridgehead atoms. The maximum absolute atomic E-state index is 10.4. The lowest BCUT2D eigenvalue weighted by molar-refractivity contribution is -0.131. The average Bonchev–Trinajstić information content (AvgIpc) is 2.24. The Morgan fingerprint density at radius 2 is 1.40 bits per heavy atom. The Morgan fingerprint density at radius 1 is 1.07 bits per heavy atom. The van der Waals surface area contributed by atoms with Crippen molar-refractivity contribution in [2.24, 2.45) is 0 Å². The first kappa shape index (κ1) is 15.4. The fourth-order valence-electron chi connectivity index (χ4n) is 0.296. The fraction of sp³-hybridized carbons (Fsp3) is 0.200. The van der Waals surface area contributed by atoms with Gasteiger partial charge in [0, 0.05) is 6.08 Å². The predicted octanol–water partition coefficient (Wildman–Crippen LogP) is 1.77.